The molecule has 25 heavy (non-hydrogen) atoms. The lowest BCUT2D eigenvalue weighted by Crippen LogP contribution is -2.30. The van der Waals surface area contributed by atoms with E-state index in [-0.39, 0.29) is 11.9 Å². The molecular formula is C21H23FN2O. The summed E-state index contributed by atoms with van der Waals surface area (Å²) in [5.74, 6) is 0.720. The van der Waals surface area contributed by atoms with Crippen LogP contribution in [0.5, 0.6) is 5.75 Å². The van der Waals surface area contributed by atoms with Crippen molar-refractivity contribution in [3.05, 3.63) is 65.1 Å². The Morgan fingerprint density at radius 3 is 3.00 bits per heavy atom. The van der Waals surface area contributed by atoms with Crippen molar-refractivity contribution in [3.63, 3.8) is 0 Å². The number of aromatic nitrogens is 1. The lowest BCUT2D eigenvalue weighted by atomic mass is 9.94. The van der Waals surface area contributed by atoms with Gasteiger partial charge in [0.15, 0.2) is 0 Å². The Labute approximate surface area is 147 Å². The standard InChI is InChI=1S/C21H23FN2O/c1-2-3-11-25-16-6-4-5-14(12-16)20-21-17(9-10-23-20)18-13-15(22)7-8-19(18)24-21/h4-8,12-13,20,23-24H,2-3,9-11H2,1H3. The molecule has 1 atom stereocenters. The second-order valence-corrected chi connectivity index (χ2v) is 6.62. The molecule has 4 heteroatoms. The van der Waals surface area contributed by atoms with Crippen LogP contribution in [0, 0.1) is 5.82 Å². The van der Waals surface area contributed by atoms with Crippen molar-refractivity contribution >= 4 is 10.9 Å². The summed E-state index contributed by atoms with van der Waals surface area (Å²) in [6.45, 7) is 3.78. The van der Waals surface area contributed by atoms with Crippen molar-refractivity contribution < 1.29 is 9.13 Å². The summed E-state index contributed by atoms with van der Waals surface area (Å²) in [7, 11) is 0. The quantitative estimate of drug-likeness (QED) is 0.661. The van der Waals surface area contributed by atoms with Crippen molar-refractivity contribution in [2.75, 3.05) is 13.2 Å². The average Bonchev–Trinajstić information content (AvgIpc) is 3.00. The third kappa shape index (κ3) is 3.14. The summed E-state index contributed by atoms with van der Waals surface area (Å²) < 4.78 is 19.5. The van der Waals surface area contributed by atoms with E-state index in [9.17, 15) is 4.39 Å². The van der Waals surface area contributed by atoms with Gasteiger partial charge in [-0.1, -0.05) is 25.5 Å². The van der Waals surface area contributed by atoms with Crippen LogP contribution in [-0.2, 0) is 6.42 Å². The van der Waals surface area contributed by atoms with Crippen LogP contribution < -0.4 is 10.1 Å². The van der Waals surface area contributed by atoms with Gasteiger partial charge in [0.2, 0.25) is 0 Å². The van der Waals surface area contributed by atoms with Gasteiger partial charge in [0, 0.05) is 23.1 Å². The molecule has 2 heterocycles. The van der Waals surface area contributed by atoms with Crippen molar-refractivity contribution in [1.82, 2.24) is 10.3 Å². The van der Waals surface area contributed by atoms with Gasteiger partial charge >= 0.3 is 0 Å². The highest BCUT2D eigenvalue weighted by atomic mass is 19.1. The number of fused-ring (bicyclic) bond motifs is 3. The first-order valence-corrected chi connectivity index (χ1v) is 9.02. The maximum atomic E-state index is 13.7. The molecule has 2 aromatic carbocycles. The first-order chi connectivity index (χ1) is 12.3. The van der Waals surface area contributed by atoms with E-state index in [0.29, 0.717) is 0 Å². The zero-order chi connectivity index (χ0) is 17.2. The normalized spacial score (nSPS) is 16.8. The minimum absolute atomic E-state index is 0.0777. The second kappa shape index (κ2) is 6.89. The number of H-pyrrole nitrogens is 1. The molecule has 0 bridgehead atoms. The minimum Gasteiger partial charge on any atom is -0.494 e. The Balaban J connectivity index is 1.69. The summed E-state index contributed by atoms with van der Waals surface area (Å²) in [4.78, 5) is 3.49. The number of hydrogen-bond donors (Lipinski definition) is 2. The fourth-order valence-electron chi connectivity index (χ4n) is 3.60. The van der Waals surface area contributed by atoms with Crippen LogP contribution >= 0.6 is 0 Å². The van der Waals surface area contributed by atoms with Crippen LogP contribution in [0.15, 0.2) is 42.5 Å². The topological polar surface area (TPSA) is 37.0 Å². The number of benzene rings is 2. The maximum Gasteiger partial charge on any atom is 0.123 e. The van der Waals surface area contributed by atoms with Crippen LogP contribution in [0.3, 0.4) is 0 Å². The van der Waals surface area contributed by atoms with E-state index in [1.807, 2.05) is 18.2 Å². The minimum atomic E-state index is -0.185. The molecule has 0 radical (unpaired) electrons. The molecule has 2 N–H and O–H groups in total. The van der Waals surface area contributed by atoms with Crippen LogP contribution in [0.1, 0.15) is 42.6 Å². The first-order valence-electron chi connectivity index (χ1n) is 9.02. The molecule has 1 aliphatic rings. The Morgan fingerprint density at radius 2 is 2.12 bits per heavy atom. The van der Waals surface area contributed by atoms with Gasteiger partial charge in [0.25, 0.3) is 0 Å². The highest BCUT2D eigenvalue weighted by Crippen LogP contribution is 2.34. The van der Waals surface area contributed by atoms with Gasteiger partial charge in [-0.2, -0.15) is 0 Å². The fraction of sp³-hybridized carbons (Fsp3) is 0.333. The Hall–Kier alpha value is -2.33. The second-order valence-electron chi connectivity index (χ2n) is 6.62. The zero-order valence-electron chi connectivity index (χ0n) is 14.4. The monoisotopic (exact) mass is 338 g/mol. The Bertz CT molecular complexity index is 887. The van der Waals surface area contributed by atoms with E-state index < -0.39 is 0 Å². The van der Waals surface area contributed by atoms with E-state index in [4.69, 9.17) is 4.74 Å². The van der Waals surface area contributed by atoms with Crippen LogP contribution in [0.25, 0.3) is 10.9 Å². The third-order valence-corrected chi connectivity index (χ3v) is 4.87. The third-order valence-electron chi connectivity index (χ3n) is 4.87. The molecule has 1 aromatic heterocycles. The van der Waals surface area contributed by atoms with Crippen molar-refractivity contribution in [2.24, 2.45) is 0 Å². The molecule has 1 unspecified atom stereocenters. The number of hydrogen-bond acceptors (Lipinski definition) is 2. The molecule has 4 rings (SSSR count). The molecule has 130 valence electrons. The predicted molar refractivity (Wildman–Crippen MR) is 98.7 cm³/mol. The molecule has 3 nitrogen and oxygen atoms in total. The van der Waals surface area contributed by atoms with Crippen LogP contribution in [0.4, 0.5) is 4.39 Å². The molecule has 3 aromatic rings. The number of aromatic amines is 1. The summed E-state index contributed by atoms with van der Waals surface area (Å²) in [6.07, 6.45) is 3.09. The number of halogens is 1. The number of ether oxygens (including phenoxy) is 1. The fourth-order valence-corrected chi connectivity index (χ4v) is 3.60. The summed E-state index contributed by atoms with van der Waals surface area (Å²) in [5.41, 5.74) is 4.52. The summed E-state index contributed by atoms with van der Waals surface area (Å²) >= 11 is 0. The molecule has 1 aliphatic heterocycles. The van der Waals surface area contributed by atoms with Crippen molar-refractivity contribution in [2.45, 2.75) is 32.2 Å². The molecule has 0 saturated carbocycles. The van der Waals surface area contributed by atoms with Crippen molar-refractivity contribution in [1.29, 1.82) is 0 Å². The van der Waals surface area contributed by atoms with E-state index >= 15 is 0 Å². The SMILES string of the molecule is CCCCOc1cccc(C2NCCc3c2[nH]c2ccc(F)cc32)c1. The first kappa shape index (κ1) is 16.2. The molecule has 0 fully saturated rings. The number of unbranched alkanes of at least 4 members (excludes halogenated alkanes) is 1. The molecular weight excluding hydrogens is 315 g/mol. The zero-order valence-corrected chi connectivity index (χ0v) is 14.4. The smallest absolute Gasteiger partial charge is 0.123 e. The van der Waals surface area contributed by atoms with Crippen LogP contribution in [0.2, 0.25) is 0 Å². The molecule has 0 amide bonds. The van der Waals surface area contributed by atoms with E-state index in [2.05, 4.69) is 29.4 Å². The molecule has 0 aliphatic carbocycles. The van der Waals surface area contributed by atoms with E-state index in [1.54, 1.807) is 6.07 Å². The highest BCUT2D eigenvalue weighted by molar-refractivity contribution is 5.85. The van der Waals surface area contributed by atoms with Gasteiger partial charge in [-0.3, -0.25) is 0 Å². The number of nitrogens with one attached hydrogen (secondary N) is 2. The summed E-state index contributed by atoms with van der Waals surface area (Å²) in [6, 6.07) is 13.3. The highest BCUT2D eigenvalue weighted by Gasteiger charge is 2.25. The molecule has 0 spiro atoms. The lowest BCUT2D eigenvalue weighted by Gasteiger charge is -2.25. The lowest BCUT2D eigenvalue weighted by molar-refractivity contribution is 0.309. The largest absolute Gasteiger partial charge is 0.494 e. The Morgan fingerprint density at radius 1 is 1.20 bits per heavy atom. The predicted octanol–water partition coefficient (Wildman–Crippen LogP) is 4.72. The Kier molecular flexibility index (Phi) is 4.45. The van der Waals surface area contributed by atoms with Crippen LogP contribution in [-0.4, -0.2) is 18.1 Å². The van der Waals surface area contributed by atoms with Gasteiger partial charge in [-0.05, 0) is 54.3 Å². The van der Waals surface area contributed by atoms with Gasteiger partial charge in [0.1, 0.15) is 11.6 Å². The van der Waals surface area contributed by atoms with Gasteiger partial charge in [0.05, 0.1) is 12.6 Å². The maximum absolute atomic E-state index is 13.7. The van der Waals surface area contributed by atoms with E-state index in [0.717, 1.165) is 54.8 Å². The van der Waals surface area contributed by atoms with E-state index in [1.165, 1.54) is 17.2 Å². The van der Waals surface area contributed by atoms with Gasteiger partial charge in [-0.25, -0.2) is 4.39 Å². The number of rotatable bonds is 5. The average molecular weight is 338 g/mol. The van der Waals surface area contributed by atoms with Gasteiger partial charge in [-0.15, -0.1) is 0 Å². The van der Waals surface area contributed by atoms with Gasteiger partial charge < -0.3 is 15.0 Å². The summed E-state index contributed by atoms with van der Waals surface area (Å²) in [5, 5.41) is 4.58. The molecule has 0 saturated heterocycles. The van der Waals surface area contributed by atoms with Crippen molar-refractivity contribution in [3.8, 4) is 5.75 Å².